The molecule has 2 fully saturated rings. The molecule has 4 nitrogen and oxygen atoms in total. The van der Waals surface area contributed by atoms with E-state index in [1.54, 1.807) is 0 Å². The summed E-state index contributed by atoms with van der Waals surface area (Å²) in [4.78, 5) is 14.5. The van der Waals surface area contributed by atoms with Gasteiger partial charge in [-0.15, -0.1) is 0 Å². The number of hydrogen-bond donors (Lipinski definition) is 2. The fraction of sp³-hybridized carbons (Fsp3) is 0.938. The van der Waals surface area contributed by atoms with Crippen molar-refractivity contribution >= 4 is 5.91 Å². The summed E-state index contributed by atoms with van der Waals surface area (Å²) in [6, 6.07) is -0.129. The molecule has 116 valence electrons. The van der Waals surface area contributed by atoms with Crippen LogP contribution in [0.25, 0.3) is 0 Å². The number of aliphatic hydroxyl groups is 1. The van der Waals surface area contributed by atoms with Crippen LogP contribution in [0.3, 0.4) is 0 Å². The highest BCUT2D eigenvalue weighted by atomic mass is 16.3. The first-order chi connectivity index (χ1) is 9.56. The molecule has 0 aromatic rings. The highest BCUT2D eigenvalue weighted by Gasteiger charge is 2.36. The predicted octanol–water partition coefficient (Wildman–Crippen LogP) is 1.77. The summed E-state index contributed by atoms with van der Waals surface area (Å²) in [6.45, 7) is 6.66. The van der Waals surface area contributed by atoms with Crippen molar-refractivity contribution in [3.8, 4) is 0 Å². The van der Waals surface area contributed by atoms with Crippen molar-refractivity contribution in [2.75, 3.05) is 19.6 Å². The first kappa shape index (κ1) is 15.8. The number of carbonyl (C=O) groups excluding carboxylic acids is 1. The fourth-order valence-corrected chi connectivity index (χ4v) is 3.58. The molecule has 20 heavy (non-hydrogen) atoms. The molecule has 0 aromatic heterocycles. The minimum atomic E-state index is -0.348. The van der Waals surface area contributed by atoms with E-state index in [0.717, 1.165) is 13.1 Å². The molecule has 0 radical (unpaired) electrons. The van der Waals surface area contributed by atoms with Crippen molar-refractivity contribution in [1.29, 1.82) is 0 Å². The standard InChI is InChI=1S/C16H30N2O2/c1-12(2)10-18-11-14(19)8-15(18)16(20)17-9-13-6-4-3-5-7-13/h12-15,19H,3-11H2,1-2H3,(H,17,20)/t14-,15-/m1/s1. The number of hydrogen-bond acceptors (Lipinski definition) is 3. The lowest BCUT2D eigenvalue weighted by Gasteiger charge is -2.27. The van der Waals surface area contributed by atoms with Crippen molar-refractivity contribution in [1.82, 2.24) is 10.2 Å². The number of amides is 1. The Hall–Kier alpha value is -0.610. The van der Waals surface area contributed by atoms with Gasteiger partial charge in [0.1, 0.15) is 0 Å². The first-order valence-corrected chi connectivity index (χ1v) is 8.26. The number of nitrogens with zero attached hydrogens (tertiary/aromatic N) is 1. The van der Waals surface area contributed by atoms with Gasteiger partial charge in [0.25, 0.3) is 0 Å². The van der Waals surface area contributed by atoms with Crippen molar-refractivity contribution in [3.05, 3.63) is 0 Å². The highest BCUT2D eigenvalue weighted by molar-refractivity contribution is 5.82. The lowest BCUT2D eigenvalue weighted by Crippen LogP contribution is -2.45. The van der Waals surface area contributed by atoms with Gasteiger partial charge in [-0.2, -0.15) is 0 Å². The average molecular weight is 282 g/mol. The summed E-state index contributed by atoms with van der Waals surface area (Å²) in [5.41, 5.74) is 0. The first-order valence-electron chi connectivity index (χ1n) is 8.26. The van der Waals surface area contributed by atoms with E-state index in [1.165, 1.54) is 32.1 Å². The van der Waals surface area contributed by atoms with Crippen LogP contribution < -0.4 is 5.32 Å². The molecule has 1 saturated heterocycles. The molecule has 1 aliphatic carbocycles. The van der Waals surface area contributed by atoms with E-state index < -0.39 is 0 Å². The van der Waals surface area contributed by atoms with Gasteiger partial charge >= 0.3 is 0 Å². The van der Waals surface area contributed by atoms with Crippen molar-refractivity contribution in [3.63, 3.8) is 0 Å². The van der Waals surface area contributed by atoms with Crippen molar-refractivity contribution < 1.29 is 9.90 Å². The Balaban J connectivity index is 1.80. The fourth-order valence-electron chi connectivity index (χ4n) is 3.58. The molecule has 4 heteroatoms. The van der Waals surface area contributed by atoms with Gasteiger partial charge in [0, 0.05) is 19.6 Å². The van der Waals surface area contributed by atoms with Gasteiger partial charge in [0.15, 0.2) is 0 Å². The lowest BCUT2D eigenvalue weighted by atomic mass is 9.89. The normalized spacial score (nSPS) is 29.0. The van der Waals surface area contributed by atoms with E-state index >= 15 is 0 Å². The smallest absolute Gasteiger partial charge is 0.237 e. The molecule has 1 saturated carbocycles. The maximum Gasteiger partial charge on any atom is 0.237 e. The van der Waals surface area contributed by atoms with Gasteiger partial charge in [-0.1, -0.05) is 33.1 Å². The molecule has 2 aliphatic rings. The largest absolute Gasteiger partial charge is 0.392 e. The molecular formula is C16H30N2O2. The Bertz CT molecular complexity index is 314. The van der Waals surface area contributed by atoms with E-state index in [2.05, 4.69) is 24.1 Å². The molecule has 0 bridgehead atoms. The van der Waals surface area contributed by atoms with Crippen LogP contribution in [-0.2, 0) is 4.79 Å². The van der Waals surface area contributed by atoms with Crippen molar-refractivity contribution in [2.24, 2.45) is 11.8 Å². The average Bonchev–Trinajstić information content (AvgIpc) is 2.77. The Kier molecular flexibility index (Phi) is 5.85. The maximum absolute atomic E-state index is 12.4. The van der Waals surface area contributed by atoms with E-state index in [0.29, 0.717) is 24.8 Å². The number of β-amino-alcohol motifs (C(OH)–C–C–N with tert-alkyl or cyclic N) is 1. The molecule has 2 rings (SSSR count). The summed E-state index contributed by atoms with van der Waals surface area (Å²) < 4.78 is 0. The zero-order valence-electron chi connectivity index (χ0n) is 13.0. The summed E-state index contributed by atoms with van der Waals surface area (Å²) in [7, 11) is 0. The van der Waals surface area contributed by atoms with Gasteiger partial charge in [-0.3, -0.25) is 9.69 Å². The minimum absolute atomic E-state index is 0.118. The molecule has 0 spiro atoms. The molecule has 1 heterocycles. The Labute approximate surface area is 122 Å². The molecule has 1 aliphatic heterocycles. The summed E-state index contributed by atoms with van der Waals surface area (Å²) in [6.07, 6.45) is 6.71. The second kappa shape index (κ2) is 7.41. The zero-order valence-corrected chi connectivity index (χ0v) is 13.0. The predicted molar refractivity (Wildman–Crippen MR) is 80.4 cm³/mol. The topological polar surface area (TPSA) is 52.6 Å². The summed E-state index contributed by atoms with van der Waals surface area (Å²) in [5, 5.41) is 13.0. The van der Waals surface area contributed by atoms with E-state index in [1.807, 2.05) is 0 Å². The number of nitrogens with one attached hydrogen (secondary N) is 1. The van der Waals surface area contributed by atoms with Gasteiger partial charge in [-0.05, 0) is 31.1 Å². The third-order valence-corrected chi connectivity index (χ3v) is 4.57. The highest BCUT2D eigenvalue weighted by Crippen LogP contribution is 2.23. The number of aliphatic hydroxyl groups excluding tert-OH is 1. The molecule has 0 aromatic carbocycles. The van der Waals surface area contributed by atoms with E-state index in [9.17, 15) is 9.90 Å². The summed E-state index contributed by atoms with van der Waals surface area (Å²) >= 11 is 0. The Morgan fingerprint density at radius 2 is 2.00 bits per heavy atom. The monoisotopic (exact) mass is 282 g/mol. The minimum Gasteiger partial charge on any atom is -0.392 e. The molecule has 1 amide bonds. The summed E-state index contributed by atoms with van der Waals surface area (Å²) in [5.74, 6) is 1.30. The van der Waals surface area contributed by atoms with Gasteiger partial charge < -0.3 is 10.4 Å². The van der Waals surface area contributed by atoms with Crippen molar-refractivity contribution in [2.45, 2.75) is 64.5 Å². The van der Waals surface area contributed by atoms with Crippen LogP contribution in [0.4, 0.5) is 0 Å². The van der Waals surface area contributed by atoms with Crippen LogP contribution in [-0.4, -0.2) is 47.7 Å². The van der Waals surface area contributed by atoms with Crippen LogP contribution in [0, 0.1) is 11.8 Å². The molecular weight excluding hydrogens is 252 g/mol. The molecule has 2 N–H and O–H groups in total. The quantitative estimate of drug-likeness (QED) is 0.808. The van der Waals surface area contributed by atoms with Crippen LogP contribution in [0.1, 0.15) is 52.4 Å². The van der Waals surface area contributed by atoms with E-state index in [-0.39, 0.29) is 18.1 Å². The Morgan fingerprint density at radius 3 is 2.65 bits per heavy atom. The van der Waals surface area contributed by atoms with E-state index in [4.69, 9.17) is 0 Å². The Morgan fingerprint density at radius 1 is 1.30 bits per heavy atom. The zero-order chi connectivity index (χ0) is 14.5. The van der Waals surface area contributed by atoms with Gasteiger partial charge in [0.05, 0.1) is 12.1 Å². The molecule has 2 atom stereocenters. The van der Waals surface area contributed by atoms with Crippen LogP contribution in [0.2, 0.25) is 0 Å². The third-order valence-electron chi connectivity index (χ3n) is 4.57. The number of rotatable bonds is 5. The second-order valence-electron chi connectivity index (χ2n) is 7.00. The second-order valence-corrected chi connectivity index (χ2v) is 7.00. The molecule has 0 unspecified atom stereocenters. The van der Waals surface area contributed by atoms with Gasteiger partial charge in [-0.25, -0.2) is 0 Å². The SMILES string of the molecule is CC(C)CN1C[C@H](O)C[C@@H]1C(=O)NCC1CCCCC1. The van der Waals surface area contributed by atoms with Gasteiger partial charge in [0.2, 0.25) is 5.91 Å². The number of likely N-dealkylation sites (tertiary alicyclic amines) is 1. The third kappa shape index (κ3) is 4.45. The van der Waals surface area contributed by atoms with Crippen LogP contribution >= 0.6 is 0 Å². The van der Waals surface area contributed by atoms with Crippen LogP contribution in [0.15, 0.2) is 0 Å². The lowest BCUT2D eigenvalue weighted by molar-refractivity contribution is -0.125. The maximum atomic E-state index is 12.4. The number of carbonyl (C=O) groups is 1. The van der Waals surface area contributed by atoms with Crippen LogP contribution in [0.5, 0.6) is 0 Å².